The Hall–Kier alpha value is -1.10. The van der Waals surface area contributed by atoms with Gasteiger partial charge in [0, 0.05) is 7.05 Å². The van der Waals surface area contributed by atoms with E-state index in [-0.39, 0.29) is 24.5 Å². The van der Waals surface area contributed by atoms with Gasteiger partial charge in [-0.25, -0.2) is 0 Å². The minimum atomic E-state index is -0.373. The van der Waals surface area contributed by atoms with Crippen LogP contribution in [0.1, 0.15) is 19.3 Å². The molecule has 2 fully saturated rings. The van der Waals surface area contributed by atoms with Gasteiger partial charge in [-0.2, -0.15) is 0 Å². The molecule has 0 aromatic carbocycles. The zero-order valence-corrected chi connectivity index (χ0v) is 10.4. The first kappa shape index (κ1) is 12.4. The van der Waals surface area contributed by atoms with Gasteiger partial charge in [0.1, 0.15) is 6.54 Å². The molecule has 17 heavy (non-hydrogen) atoms. The van der Waals surface area contributed by atoms with Crippen LogP contribution < -0.4 is 5.32 Å². The summed E-state index contributed by atoms with van der Waals surface area (Å²) in [4.78, 5) is 24.8. The second kappa shape index (κ2) is 5.04. The van der Waals surface area contributed by atoms with Gasteiger partial charge in [-0.3, -0.25) is 9.59 Å². The van der Waals surface area contributed by atoms with Crippen LogP contribution in [0.5, 0.6) is 0 Å². The van der Waals surface area contributed by atoms with Crippen LogP contribution >= 0.6 is 0 Å². The highest BCUT2D eigenvalue weighted by molar-refractivity contribution is 5.86. The molecule has 1 aliphatic carbocycles. The molecule has 0 bridgehead atoms. The Morgan fingerprint density at radius 1 is 1.41 bits per heavy atom. The molecule has 1 heterocycles. The van der Waals surface area contributed by atoms with Crippen molar-refractivity contribution in [2.75, 3.05) is 27.2 Å². The number of carbonyl (C=O) groups excluding carboxylic acids is 2. The molecular weight excluding hydrogens is 220 g/mol. The van der Waals surface area contributed by atoms with Crippen LogP contribution in [0.4, 0.5) is 0 Å². The van der Waals surface area contributed by atoms with Gasteiger partial charge in [0.05, 0.1) is 13.2 Å². The zero-order valence-electron chi connectivity index (χ0n) is 10.4. The lowest BCUT2D eigenvalue weighted by atomic mass is 9.93. The van der Waals surface area contributed by atoms with E-state index in [0.29, 0.717) is 11.8 Å². The van der Waals surface area contributed by atoms with Crippen molar-refractivity contribution in [3.05, 3.63) is 0 Å². The van der Waals surface area contributed by atoms with Crippen molar-refractivity contribution in [1.82, 2.24) is 10.2 Å². The van der Waals surface area contributed by atoms with Crippen molar-refractivity contribution in [2.45, 2.75) is 25.3 Å². The molecule has 3 atom stereocenters. The van der Waals surface area contributed by atoms with Crippen LogP contribution in [0.25, 0.3) is 0 Å². The molecule has 0 radical (unpaired) electrons. The number of rotatable bonds is 3. The highest BCUT2D eigenvalue weighted by Crippen LogP contribution is 2.38. The van der Waals surface area contributed by atoms with Crippen molar-refractivity contribution in [3.8, 4) is 0 Å². The average molecular weight is 240 g/mol. The zero-order chi connectivity index (χ0) is 12.4. The largest absolute Gasteiger partial charge is 0.468 e. The lowest BCUT2D eigenvalue weighted by Gasteiger charge is -2.23. The van der Waals surface area contributed by atoms with Gasteiger partial charge in [-0.1, -0.05) is 6.42 Å². The van der Waals surface area contributed by atoms with E-state index in [1.807, 2.05) is 0 Å². The summed E-state index contributed by atoms with van der Waals surface area (Å²) in [5, 5.41) is 3.29. The Morgan fingerprint density at radius 2 is 2.18 bits per heavy atom. The molecule has 5 heteroatoms. The standard InChI is InChI=1S/C12H20N2O3/c1-14(7-10(15)17-2)12(16)11-9-5-3-4-8(9)6-13-11/h8-9,11,13H,3-7H2,1-2H3. The van der Waals surface area contributed by atoms with Gasteiger partial charge in [0.25, 0.3) is 0 Å². The highest BCUT2D eigenvalue weighted by Gasteiger charge is 2.43. The molecular formula is C12H20N2O3. The molecule has 3 unspecified atom stereocenters. The lowest BCUT2D eigenvalue weighted by molar-refractivity contribution is -0.147. The topological polar surface area (TPSA) is 58.6 Å². The minimum Gasteiger partial charge on any atom is -0.468 e. The van der Waals surface area contributed by atoms with Gasteiger partial charge in [0.15, 0.2) is 0 Å². The maximum Gasteiger partial charge on any atom is 0.325 e. The number of amides is 1. The SMILES string of the molecule is COC(=O)CN(C)C(=O)C1NCC2CCCC21. The van der Waals surface area contributed by atoms with E-state index < -0.39 is 0 Å². The third-order valence-electron chi connectivity index (χ3n) is 3.98. The van der Waals surface area contributed by atoms with Crippen molar-refractivity contribution >= 4 is 11.9 Å². The molecule has 1 saturated carbocycles. The first-order chi connectivity index (χ1) is 8.13. The molecule has 1 amide bonds. The molecule has 2 aliphatic rings. The van der Waals surface area contributed by atoms with E-state index in [9.17, 15) is 9.59 Å². The molecule has 0 spiro atoms. The van der Waals surface area contributed by atoms with Gasteiger partial charge >= 0.3 is 5.97 Å². The Bertz CT molecular complexity index is 319. The van der Waals surface area contributed by atoms with Crippen molar-refractivity contribution in [2.24, 2.45) is 11.8 Å². The number of hydrogen-bond donors (Lipinski definition) is 1. The van der Waals surface area contributed by atoms with E-state index in [2.05, 4.69) is 10.1 Å². The highest BCUT2D eigenvalue weighted by atomic mass is 16.5. The van der Waals surface area contributed by atoms with Gasteiger partial charge in [-0.05, 0) is 31.2 Å². The quantitative estimate of drug-likeness (QED) is 0.706. The van der Waals surface area contributed by atoms with E-state index in [1.54, 1.807) is 7.05 Å². The summed E-state index contributed by atoms with van der Waals surface area (Å²) in [7, 11) is 2.99. The minimum absolute atomic E-state index is 0.0183. The van der Waals surface area contributed by atoms with Crippen LogP contribution in [-0.4, -0.2) is 50.1 Å². The van der Waals surface area contributed by atoms with E-state index in [0.717, 1.165) is 13.0 Å². The maximum atomic E-state index is 12.2. The predicted molar refractivity (Wildman–Crippen MR) is 62.3 cm³/mol. The number of esters is 1. The first-order valence-electron chi connectivity index (χ1n) is 6.18. The third kappa shape index (κ3) is 2.44. The average Bonchev–Trinajstić information content (AvgIpc) is 2.89. The second-order valence-corrected chi connectivity index (χ2v) is 5.01. The summed E-state index contributed by atoms with van der Waals surface area (Å²) in [5.74, 6) is 0.754. The molecule has 0 aromatic heterocycles. The molecule has 1 N–H and O–H groups in total. The fraction of sp³-hybridized carbons (Fsp3) is 0.833. The first-order valence-corrected chi connectivity index (χ1v) is 6.18. The Balaban J connectivity index is 1.93. The third-order valence-corrected chi connectivity index (χ3v) is 3.98. The monoisotopic (exact) mass is 240 g/mol. The summed E-state index contributed by atoms with van der Waals surface area (Å²) in [5.41, 5.74) is 0. The Morgan fingerprint density at radius 3 is 2.88 bits per heavy atom. The van der Waals surface area contributed by atoms with Crippen LogP contribution in [0.3, 0.4) is 0 Å². The fourth-order valence-electron chi connectivity index (χ4n) is 3.03. The molecule has 96 valence electrons. The van der Waals surface area contributed by atoms with Crippen molar-refractivity contribution in [1.29, 1.82) is 0 Å². The maximum absolute atomic E-state index is 12.2. The van der Waals surface area contributed by atoms with Crippen LogP contribution in [-0.2, 0) is 14.3 Å². The van der Waals surface area contributed by atoms with Crippen molar-refractivity contribution in [3.63, 3.8) is 0 Å². The number of nitrogens with zero attached hydrogens (tertiary/aromatic N) is 1. The number of nitrogens with one attached hydrogen (secondary N) is 1. The van der Waals surface area contributed by atoms with Gasteiger partial charge < -0.3 is 15.0 Å². The Labute approximate surface area is 101 Å². The summed E-state index contributed by atoms with van der Waals surface area (Å²) >= 11 is 0. The fourth-order valence-corrected chi connectivity index (χ4v) is 3.03. The molecule has 5 nitrogen and oxygen atoms in total. The summed E-state index contributed by atoms with van der Waals surface area (Å²) in [6, 6.07) is -0.0999. The molecule has 1 saturated heterocycles. The van der Waals surface area contributed by atoms with Crippen LogP contribution in [0.2, 0.25) is 0 Å². The molecule has 0 aromatic rings. The van der Waals surface area contributed by atoms with Gasteiger partial charge in [-0.15, -0.1) is 0 Å². The number of likely N-dealkylation sites (N-methyl/N-ethyl adjacent to an activating group) is 1. The van der Waals surface area contributed by atoms with Crippen LogP contribution in [0.15, 0.2) is 0 Å². The summed E-state index contributed by atoms with van der Waals surface area (Å²) in [6.07, 6.45) is 3.57. The van der Waals surface area contributed by atoms with Crippen molar-refractivity contribution < 1.29 is 14.3 Å². The lowest BCUT2D eigenvalue weighted by Crippen LogP contribution is -2.46. The Kier molecular flexibility index (Phi) is 3.66. The van der Waals surface area contributed by atoms with E-state index in [4.69, 9.17) is 0 Å². The van der Waals surface area contributed by atoms with E-state index >= 15 is 0 Å². The van der Waals surface area contributed by atoms with Crippen LogP contribution in [0, 0.1) is 11.8 Å². The molecule has 1 aliphatic heterocycles. The smallest absolute Gasteiger partial charge is 0.325 e. The molecule has 2 rings (SSSR count). The number of hydrogen-bond acceptors (Lipinski definition) is 4. The summed E-state index contributed by atoms with van der Waals surface area (Å²) in [6.45, 7) is 0.970. The van der Waals surface area contributed by atoms with Gasteiger partial charge in [0.2, 0.25) is 5.91 Å². The number of carbonyl (C=O) groups is 2. The normalized spacial score (nSPS) is 31.1. The predicted octanol–water partition coefficient (Wildman–Crippen LogP) is 0.00590. The van der Waals surface area contributed by atoms with E-state index in [1.165, 1.54) is 24.9 Å². The summed E-state index contributed by atoms with van der Waals surface area (Å²) < 4.78 is 4.57. The number of fused-ring (bicyclic) bond motifs is 1. The number of ether oxygens (including phenoxy) is 1. The number of methoxy groups -OCH3 is 1. The second-order valence-electron chi connectivity index (χ2n) is 5.01.